The van der Waals surface area contributed by atoms with Crippen LogP contribution in [0.1, 0.15) is 12.8 Å². The van der Waals surface area contributed by atoms with Gasteiger partial charge in [-0.2, -0.15) is 57.1 Å². The summed E-state index contributed by atoms with van der Waals surface area (Å²) in [6, 6.07) is -6.22. The first-order chi connectivity index (χ1) is 10.5. The summed E-state index contributed by atoms with van der Waals surface area (Å²) in [4.78, 5) is 0. The van der Waals surface area contributed by atoms with Crippen molar-refractivity contribution in [1.29, 1.82) is 0 Å². The van der Waals surface area contributed by atoms with Gasteiger partial charge in [-0.15, -0.1) is 33.2 Å². The lowest BCUT2D eigenvalue weighted by Crippen LogP contribution is -2.70. The number of hydrogen-bond donors (Lipinski definition) is 0. The van der Waals surface area contributed by atoms with Gasteiger partial charge < -0.3 is 0 Å². The Balaban J connectivity index is 6.03. The topological polar surface area (TPSA) is 0 Å². The minimum Gasteiger partial charge on any atom is -0.200 e. The van der Waals surface area contributed by atoms with Crippen LogP contribution in [0.2, 0.25) is 0 Å². The second kappa shape index (κ2) is 6.65. The Hall–Kier alpha value is 0.177. The Morgan fingerprint density at radius 3 is 1.16 bits per heavy atom. The van der Waals surface area contributed by atoms with Crippen LogP contribution in [0, 0.1) is 0 Å². The quantitative estimate of drug-likeness (QED) is 0.216. The predicted molar refractivity (Wildman–Crippen MR) is 63.3 cm³/mol. The molecule has 17 heteroatoms. The largest absolute Gasteiger partial charge is 0.424 e. The first-order valence-electron chi connectivity index (χ1n) is 5.48. The van der Waals surface area contributed by atoms with Crippen LogP contribution in [-0.4, -0.2) is 41.4 Å². The van der Waals surface area contributed by atoms with Crippen molar-refractivity contribution < 1.29 is 57.1 Å². The van der Waals surface area contributed by atoms with Gasteiger partial charge in [0.05, 0.1) is 0 Å². The van der Waals surface area contributed by atoms with Crippen LogP contribution in [0.4, 0.5) is 57.1 Å². The van der Waals surface area contributed by atoms with E-state index in [2.05, 4.69) is 33.2 Å². The summed E-state index contributed by atoms with van der Waals surface area (Å²) in [6.07, 6.45) is -11.4. The molecule has 0 heterocycles. The molecule has 0 rings (SSSR count). The molecule has 0 saturated heterocycles. The van der Waals surface area contributed by atoms with E-state index in [0.717, 1.165) is 0 Å². The summed E-state index contributed by atoms with van der Waals surface area (Å²) in [7, 11) is 0. The summed E-state index contributed by atoms with van der Waals surface area (Å²) in [5, 5.41) is 0. The molecule has 0 aliphatic rings. The fraction of sp³-hybridized carbons (Fsp3) is 1.00. The van der Waals surface area contributed by atoms with E-state index in [1.165, 1.54) is 0 Å². The highest BCUT2D eigenvalue weighted by Crippen LogP contribution is 2.61. The van der Waals surface area contributed by atoms with Crippen molar-refractivity contribution >= 4 is 39.2 Å². The van der Waals surface area contributed by atoms with Gasteiger partial charge in [-0.25, -0.2) is 0 Å². The van der Waals surface area contributed by atoms with Gasteiger partial charge in [-0.1, -0.05) is 0 Å². The number of hydrogen-bond acceptors (Lipinski definition) is 0. The van der Waals surface area contributed by atoms with Crippen LogP contribution in [-0.2, 0) is 0 Å². The van der Waals surface area contributed by atoms with E-state index in [1.54, 1.807) is 0 Å². The van der Waals surface area contributed by atoms with Gasteiger partial charge in [0, 0.05) is 12.8 Å². The molecule has 0 aromatic carbocycles. The molecule has 0 bridgehead atoms. The van der Waals surface area contributed by atoms with Crippen LogP contribution in [0.25, 0.3) is 0 Å². The zero-order valence-corrected chi connectivity index (χ0v) is 14.2. The third kappa shape index (κ3) is 4.37. The minimum absolute atomic E-state index is 2.78. The molecule has 0 unspecified atom stereocenters. The molecule has 152 valence electrons. The van der Waals surface area contributed by atoms with Crippen LogP contribution >= 0.6 is 33.2 Å². The van der Waals surface area contributed by atoms with Crippen molar-refractivity contribution in [2.45, 2.75) is 48.3 Å². The van der Waals surface area contributed by atoms with Crippen molar-refractivity contribution in [1.82, 2.24) is 0 Å². The van der Waals surface area contributed by atoms with E-state index in [-0.39, 0.29) is 0 Å². The third-order valence-electron chi connectivity index (χ3n) is 2.72. The standard InChI is InChI=1S/C8H4Cl3F13Si/c9-25(10,11)8(23,24)7(21,22)6(19,20)5(17,18)3(12,13)1-2-4(14,15)16/h1-2H2. The van der Waals surface area contributed by atoms with E-state index in [4.69, 9.17) is 0 Å². The van der Waals surface area contributed by atoms with E-state index in [1.807, 2.05) is 0 Å². The summed E-state index contributed by atoms with van der Waals surface area (Å²) < 4.78 is 167. The number of rotatable bonds is 7. The normalized spacial score (nSPS) is 16.3. The maximum absolute atomic E-state index is 13.2. The predicted octanol–water partition coefficient (Wildman–Crippen LogP) is 6.70. The molecule has 0 saturated carbocycles. The van der Waals surface area contributed by atoms with Crippen LogP contribution < -0.4 is 0 Å². The first kappa shape index (κ1) is 25.2. The van der Waals surface area contributed by atoms with E-state index in [9.17, 15) is 57.1 Å². The van der Waals surface area contributed by atoms with E-state index >= 15 is 0 Å². The molecule has 0 aromatic rings. The highest BCUT2D eigenvalue weighted by Gasteiger charge is 2.89. The Morgan fingerprint density at radius 2 is 0.880 bits per heavy atom. The monoisotopic (exact) mass is 480 g/mol. The lowest BCUT2D eigenvalue weighted by atomic mass is 9.95. The molecule has 25 heavy (non-hydrogen) atoms. The average Bonchev–Trinajstić information content (AvgIpc) is 2.33. The van der Waals surface area contributed by atoms with Gasteiger partial charge in [-0.3, -0.25) is 0 Å². The zero-order valence-electron chi connectivity index (χ0n) is 11.0. The highest BCUT2D eigenvalue weighted by molar-refractivity contribution is 7.65. The second-order valence-corrected chi connectivity index (χ2v) is 13.1. The molecule has 0 nitrogen and oxygen atoms in total. The Labute approximate surface area is 145 Å². The summed E-state index contributed by atoms with van der Waals surface area (Å²) in [5.74, 6) is -28.7. The molecule has 0 fully saturated rings. The van der Waals surface area contributed by atoms with Gasteiger partial charge >= 0.3 is 41.4 Å². The van der Waals surface area contributed by atoms with Gasteiger partial charge in [0.1, 0.15) is 0 Å². The number of alkyl halides is 13. The maximum Gasteiger partial charge on any atom is 0.424 e. The molecule has 0 N–H and O–H groups in total. The van der Waals surface area contributed by atoms with Gasteiger partial charge in [0.2, 0.25) is 0 Å². The molecule has 0 atom stereocenters. The van der Waals surface area contributed by atoms with E-state index in [0.29, 0.717) is 0 Å². The van der Waals surface area contributed by atoms with Crippen molar-refractivity contribution in [3.63, 3.8) is 0 Å². The molecule has 0 amide bonds. The Kier molecular flexibility index (Phi) is 6.70. The Morgan fingerprint density at radius 1 is 0.520 bits per heavy atom. The van der Waals surface area contributed by atoms with Crippen molar-refractivity contribution in [2.75, 3.05) is 0 Å². The fourth-order valence-electron chi connectivity index (χ4n) is 1.26. The third-order valence-corrected chi connectivity index (χ3v) is 5.88. The zero-order chi connectivity index (χ0) is 20.9. The maximum atomic E-state index is 13.2. The van der Waals surface area contributed by atoms with Crippen molar-refractivity contribution in [3.8, 4) is 0 Å². The summed E-state index contributed by atoms with van der Waals surface area (Å²) in [6.45, 7) is 0. The lowest BCUT2D eigenvalue weighted by molar-refractivity contribution is -0.392. The van der Waals surface area contributed by atoms with Gasteiger partial charge in [-0.05, 0) is 0 Å². The molecular weight excluding hydrogens is 478 g/mol. The van der Waals surface area contributed by atoms with Gasteiger partial charge in [0.25, 0.3) is 0 Å². The summed E-state index contributed by atoms with van der Waals surface area (Å²) in [5.41, 5.74) is -6.46. The van der Waals surface area contributed by atoms with Crippen molar-refractivity contribution in [2.24, 2.45) is 0 Å². The number of halogens is 16. The SMILES string of the molecule is FC(F)(F)CCC(F)(F)C(F)(F)C(F)(F)C(F)(F)C(F)(F)[Si](Cl)(Cl)Cl. The molecular formula is C8H4Cl3F13Si. The lowest BCUT2D eigenvalue weighted by Gasteiger charge is -2.40. The van der Waals surface area contributed by atoms with Crippen LogP contribution in [0.3, 0.4) is 0 Å². The Bertz CT molecular complexity index is 481. The average molecular weight is 482 g/mol. The fourth-order valence-corrected chi connectivity index (χ4v) is 2.84. The molecule has 0 spiro atoms. The molecule has 0 aliphatic carbocycles. The highest BCUT2D eigenvalue weighted by atomic mass is 35.8. The first-order valence-corrected chi connectivity index (χ1v) is 10.5. The van der Waals surface area contributed by atoms with E-state index < -0.39 is 54.3 Å². The van der Waals surface area contributed by atoms with Crippen LogP contribution in [0.5, 0.6) is 0 Å². The summed E-state index contributed by atoms with van der Waals surface area (Å²) >= 11 is 13.3. The molecule has 0 radical (unpaired) electrons. The smallest absolute Gasteiger partial charge is 0.200 e. The molecule has 0 aromatic heterocycles. The van der Waals surface area contributed by atoms with Gasteiger partial charge in [0.15, 0.2) is 0 Å². The second-order valence-electron chi connectivity index (χ2n) is 4.61. The van der Waals surface area contributed by atoms with Crippen LogP contribution in [0.15, 0.2) is 0 Å². The minimum atomic E-state index is -7.56. The van der Waals surface area contributed by atoms with Crippen molar-refractivity contribution in [3.05, 3.63) is 0 Å². The molecule has 0 aliphatic heterocycles.